The van der Waals surface area contributed by atoms with Crippen LogP contribution in [0.1, 0.15) is 33.0 Å². The molecule has 0 unspecified atom stereocenters. The van der Waals surface area contributed by atoms with Gasteiger partial charge in [0.2, 0.25) is 0 Å². The minimum absolute atomic E-state index is 0.402. The van der Waals surface area contributed by atoms with Gasteiger partial charge < -0.3 is 20.1 Å². The van der Waals surface area contributed by atoms with Crippen LogP contribution in [0.4, 0.5) is 11.6 Å². The van der Waals surface area contributed by atoms with Crippen molar-refractivity contribution in [3.8, 4) is 0 Å². The van der Waals surface area contributed by atoms with Crippen molar-refractivity contribution in [1.29, 1.82) is 0 Å². The van der Waals surface area contributed by atoms with Gasteiger partial charge in [-0.05, 0) is 19.3 Å². The standard InChI is InChI=1S/C15H28N4O2/c1-5-16-13-10-14(19-15(18-13)11-20-4)17-7-9-21-8-6-12(2)3/h10,12H,5-9,11H2,1-4H3,(H2,16,17,18,19). The Morgan fingerprint density at radius 2 is 1.86 bits per heavy atom. The van der Waals surface area contributed by atoms with Gasteiger partial charge in [-0.1, -0.05) is 13.8 Å². The Labute approximate surface area is 127 Å². The molecule has 0 bridgehead atoms. The topological polar surface area (TPSA) is 68.3 Å². The van der Waals surface area contributed by atoms with Gasteiger partial charge in [0.05, 0.1) is 6.61 Å². The molecule has 0 aromatic carbocycles. The Morgan fingerprint density at radius 1 is 1.14 bits per heavy atom. The zero-order chi connectivity index (χ0) is 15.5. The molecule has 120 valence electrons. The molecule has 0 aliphatic heterocycles. The summed E-state index contributed by atoms with van der Waals surface area (Å²) in [6, 6.07) is 1.90. The number of nitrogens with one attached hydrogen (secondary N) is 2. The van der Waals surface area contributed by atoms with Gasteiger partial charge in [0, 0.05) is 32.9 Å². The molecule has 0 saturated heterocycles. The van der Waals surface area contributed by atoms with Crippen LogP contribution in [0.15, 0.2) is 6.07 Å². The van der Waals surface area contributed by atoms with Gasteiger partial charge in [-0.25, -0.2) is 9.97 Å². The summed E-state index contributed by atoms with van der Waals surface area (Å²) in [5, 5.41) is 6.45. The lowest BCUT2D eigenvalue weighted by Gasteiger charge is -2.11. The number of ether oxygens (including phenoxy) is 2. The third kappa shape index (κ3) is 7.82. The first-order chi connectivity index (χ1) is 10.2. The van der Waals surface area contributed by atoms with Crippen LogP contribution < -0.4 is 10.6 Å². The predicted octanol–water partition coefficient (Wildman–Crippen LogP) is 2.53. The lowest BCUT2D eigenvalue weighted by atomic mass is 10.1. The first kappa shape index (κ1) is 17.7. The van der Waals surface area contributed by atoms with Crippen molar-refractivity contribution in [3.05, 3.63) is 11.9 Å². The quantitative estimate of drug-likeness (QED) is 0.612. The number of nitrogens with zero attached hydrogens (tertiary/aromatic N) is 2. The maximum absolute atomic E-state index is 5.58. The second-order valence-corrected chi connectivity index (χ2v) is 5.24. The summed E-state index contributed by atoms with van der Waals surface area (Å²) in [7, 11) is 1.64. The highest BCUT2D eigenvalue weighted by Crippen LogP contribution is 2.11. The van der Waals surface area contributed by atoms with Gasteiger partial charge in [0.1, 0.15) is 18.2 Å². The average Bonchev–Trinajstić information content (AvgIpc) is 2.43. The molecule has 0 radical (unpaired) electrons. The van der Waals surface area contributed by atoms with Crippen molar-refractivity contribution in [2.45, 2.75) is 33.8 Å². The lowest BCUT2D eigenvalue weighted by molar-refractivity contribution is 0.132. The van der Waals surface area contributed by atoms with E-state index >= 15 is 0 Å². The van der Waals surface area contributed by atoms with Crippen LogP contribution in [0.3, 0.4) is 0 Å². The summed E-state index contributed by atoms with van der Waals surface area (Å²) in [5.74, 6) is 2.95. The van der Waals surface area contributed by atoms with E-state index in [0.717, 1.165) is 37.8 Å². The fourth-order valence-electron chi connectivity index (χ4n) is 1.73. The van der Waals surface area contributed by atoms with E-state index in [-0.39, 0.29) is 0 Å². The van der Waals surface area contributed by atoms with Gasteiger partial charge in [0.25, 0.3) is 0 Å². The largest absolute Gasteiger partial charge is 0.380 e. The zero-order valence-electron chi connectivity index (χ0n) is 13.6. The summed E-state index contributed by atoms with van der Waals surface area (Å²) in [4.78, 5) is 8.78. The van der Waals surface area contributed by atoms with E-state index < -0.39 is 0 Å². The molecule has 0 aliphatic rings. The van der Waals surface area contributed by atoms with E-state index in [1.807, 2.05) is 13.0 Å². The van der Waals surface area contributed by atoms with Crippen LogP contribution in [-0.2, 0) is 16.1 Å². The van der Waals surface area contributed by atoms with Crippen molar-refractivity contribution in [1.82, 2.24) is 9.97 Å². The molecule has 0 amide bonds. The van der Waals surface area contributed by atoms with Crippen LogP contribution in [0.2, 0.25) is 0 Å². The van der Waals surface area contributed by atoms with Crippen molar-refractivity contribution in [3.63, 3.8) is 0 Å². The molecule has 0 spiro atoms. The predicted molar refractivity (Wildman–Crippen MR) is 85.7 cm³/mol. The number of anilines is 2. The molecule has 6 nitrogen and oxygen atoms in total. The Hall–Kier alpha value is -1.40. The van der Waals surface area contributed by atoms with Gasteiger partial charge >= 0.3 is 0 Å². The highest BCUT2D eigenvalue weighted by molar-refractivity contribution is 5.47. The molecule has 1 heterocycles. The molecule has 0 fully saturated rings. The SMILES string of the molecule is CCNc1cc(NCCOCCC(C)C)nc(COC)n1. The number of hydrogen-bond acceptors (Lipinski definition) is 6. The van der Waals surface area contributed by atoms with Gasteiger partial charge in [-0.3, -0.25) is 0 Å². The van der Waals surface area contributed by atoms with E-state index in [0.29, 0.717) is 25.0 Å². The lowest BCUT2D eigenvalue weighted by Crippen LogP contribution is -2.13. The summed E-state index contributed by atoms with van der Waals surface area (Å²) >= 11 is 0. The molecular formula is C15H28N4O2. The van der Waals surface area contributed by atoms with E-state index in [1.165, 1.54) is 0 Å². The van der Waals surface area contributed by atoms with Crippen molar-refractivity contribution in [2.75, 3.05) is 44.0 Å². The first-order valence-electron chi connectivity index (χ1n) is 7.58. The molecule has 1 aromatic rings. The monoisotopic (exact) mass is 296 g/mol. The van der Waals surface area contributed by atoms with E-state index in [1.54, 1.807) is 7.11 Å². The normalized spacial score (nSPS) is 10.9. The minimum atomic E-state index is 0.402. The number of aromatic nitrogens is 2. The number of rotatable bonds is 11. The van der Waals surface area contributed by atoms with E-state index in [4.69, 9.17) is 9.47 Å². The molecule has 0 saturated carbocycles. The smallest absolute Gasteiger partial charge is 0.158 e. The van der Waals surface area contributed by atoms with Crippen LogP contribution in [0.5, 0.6) is 0 Å². The van der Waals surface area contributed by atoms with Gasteiger partial charge in [-0.2, -0.15) is 0 Å². The summed E-state index contributed by atoms with van der Waals surface area (Å²) < 4.78 is 10.7. The molecule has 21 heavy (non-hydrogen) atoms. The number of hydrogen-bond donors (Lipinski definition) is 2. The fourth-order valence-corrected chi connectivity index (χ4v) is 1.73. The average molecular weight is 296 g/mol. The molecule has 2 N–H and O–H groups in total. The highest BCUT2D eigenvalue weighted by atomic mass is 16.5. The van der Waals surface area contributed by atoms with Crippen LogP contribution in [-0.4, -0.2) is 43.4 Å². The van der Waals surface area contributed by atoms with Crippen LogP contribution in [0.25, 0.3) is 0 Å². The van der Waals surface area contributed by atoms with Crippen molar-refractivity contribution >= 4 is 11.6 Å². The fraction of sp³-hybridized carbons (Fsp3) is 0.733. The third-order valence-corrected chi connectivity index (χ3v) is 2.80. The zero-order valence-corrected chi connectivity index (χ0v) is 13.6. The van der Waals surface area contributed by atoms with Gasteiger partial charge in [-0.15, -0.1) is 0 Å². The highest BCUT2D eigenvalue weighted by Gasteiger charge is 2.04. The summed E-state index contributed by atoms with van der Waals surface area (Å²) in [5.41, 5.74) is 0. The Morgan fingerprint density at radius 3 is 2.48 bits per heavy atom. The minimum Gasteiger partial charge on any atom is -0.380 e. The maximum atomic E-state index is 5.58. The van der Waals surface area contributed by atoms with Crippen molar-refractivity contribution < 1.29 is 9.47 Å². The Kier molecular flexibility index (Phi) is 8.69. The summed E-state index contributed by atoms with van der Waals surface area (Å²) in [6.07, 6.45) is 1.09. The van der Waals surface area contributed by atoms with E-state index in [2.05, 4.69) is 34.4 Å². The first-order valence-corrected chi connectivity index (χ1v) is 7.58. The van der Waals surface area contributed by atoms with E-state index in [9.17, 15) is 0 Å². The molecular weight excluding hydrogens is 268 g/mol. The number of methoxy groups -OCH3 is 1. The maximum Gasteiger partial charge on any atom is 0.158 e. The summed E-state index contributed by atoms with van der Waals surface area (Å²) in [6.45, 7) is 9.86. The Balaban J connectivity index is 2.41. The molecule has 1 rings (SSSR count). The molecule has 0 aliphatic carbocycles. The third-order valence-electron chi connectivity index (χ3n) is 2.80. The molecule has 0 atom stereocenters. The van der Waals surface area contributed by atoms with Crippen LogP contribution >= 0.6 is 0 Å². The second kappa shape index (κ2) is 10.3. The van der Waals surface area contributed by atoms with Crippen LogP contribution in [0, 0.1) is 5.92 Å². The Bertz CT molecular complexity index is 375. The second-order valence-electron chi connectivity index (χ2n) is 5.24. The van der Waals surface area contributed by atoms with Gasteiger partial charge in [0.15, 0.2) is 5.82 Å². The molecule has 1 aromatic heterocycles. The molecule has 6 heteroatoms. The van der Waals surface area contributed by atoms with Crippen molar-refractivity contribution in [2.24, 2.45) is 5.92 Å².